The zero-order valence-electron chi connectivity index (χ0n) is 12.9. The van der Waals surface area contributed by atoms with Gasteiger partial charge >= 0.3 is 0 Å². The molecule has 0 spiro atoms. The van der Waals surface area contributed by atoms with E-state index < -0.39 is 0 Å². The summed E-state index contributed by atoms with van der Waals surface area (Å²) in [6, 6.07) is 15.6. The van der Waals surface area contributed by atoms with Crippen LogP contribution >= 0.6 is 0 Å². The van der Waals surface area contributed by atoms with Crippen LogP contribution in [-0.4, -0.2) is 0 Å². The summed E-state index contributed by atoms with van der Waals surface area (Å²) in [4.78, 5) is 0. The van der Waals surface area contributed by atoms with Crippen LogP contribution < -0.4 is 0 Å². The molecular formula is C23H18. The van der Waals surface area contributed by atoms with E-state index in [-0.39, 0.29) is 0 Å². The van der Waals surface area contributed by atoms with Gasteiger partial charge in [0.15, 0.2) is 0 Å². The van der Waals surface area contributed by atoms with Gasteiger partial charge in [-0.15, -0.1) is 0 Å². The highest BCUT2D eigenvalue weighted by atomic mass is 14.3. The van der Waals surface area contributed by atoms with E-state index in [1.54, 1.807) is 0 Å². The third-order valence-electron chi connectivity index (χ3n) is 5.31. The molecule has 0 heteroatoms. The molecule has 0 N–H and O–H groups in total. The van der Waals surface area contributed by atoms with E-state index in [4.69, 9.17) is 0 Å². The first-order valence-electron chi connectivity index (χ1n) is 8.35. The van der Waals surface area contributed by atoms with Crippen LogP contribution in [0.15, 0.2) is 90.6 Å². The normalized spacial score (nSPS) is 20.9. The summed E-state index contributed by atoms with van der Waals surface area (Å²) in [5.41, 5.74) is 8.80. The standard InChI is InChI=1S/C23H18/c1-2-8-16(7-1)18-11-5-12-20(18)22-14-6-13-21-19-10-4-3-9-17(19)15-23(21)22/h1-14,16,20H,15H2. The zero-order valence-corrected chi connectivity index (χ0v) is 12.9. The minimum atomic E-state index is 0.414. The van der Waals surface area contributed by atoms with Crippen LogP contribution in [0.3, 0.4) is 0 Å². The van der Waals surface area contributed by atoms with Gasteiger partial charge in [0.1, 0.15) is 0 Å². The van der Waals surface area contributed by atoms with Crippen LogP contribution in [0.25, 0.3) is 11.1 Å². The molecule has 0 aliphatic heterocycles. The lowest BCUT2D eigenvalue weighted by atomic mass is 9.83. The fourth-order valence-corrected chi connectivity index (χ4v) is 4.22. The van der Waals surface area contributed by atoms with Crippen molar-refractivity contribution in [2.24, 2.45) is 5.92 Å². The van der Waals surface area contributed by atoms with Crippen LogP contribution in [0.5, 0.6) is 0 Å². The molecule has 1 unspecified atom stereocenters. The number of fused-ring (bicyclic) bond motifs is 3. The summed E-state index contributed by atoms with van der Waals surface area (Å²) in [5.74, 6) is 0.867. The van der Waals surface area contributed by atoms with E-state index in [0.29, 0.717) is 11.8 Å². The average molecular weight is 294 g/mol. The smallest absolute Gasteiger partial charge is 0.0246 e. The molecule has 1 atom stereocenters. The maximum absolute atomic E-state index is 2.36. The summed E-state index contributed by atoms with van der Waals surface area (Å²) in [7, 11) is 0. The van der Waals surface area contributed by atoms with Crippen molar-refractivity contribution in [1.82, 2.24) is 0 Å². The number of allylic oxidation sites excluding steroid dienone is 8. The Morgan fingerprint density at radius 3 is 2.48 bits per heavy atom. The van der Waals surface area contributed by atoms with Gasteiger partial charge < -0.3 is 0 Å². The van der Waals surface area contributed by atoms with Crippen LogP contribution in [0.4, 0.5) is 0 Å². The molecule has 3 aliphatic carbocycles. The molecule has 0 saturated heterocycles. The second kappa shape index (κ2) is 4.96. The van der Waals surface area contributed by atoms with Crippen molar-refractivity contribution in [1.29, 1.82) is 0 Å². The van der Waals surface area contributed by atoms with Crippen molar-refractivity contribution in [3.63, 3.8) is 0 Å². The molecule has 23 heavy (non-hydrogen) atoms. The first-order valence-corrected chi connectivity index (χ1v) is 8.35. The lowest BCUT2D eigenvalue weighted by molar-refractivity contribution is 0.854. The molecule has 0 aromatic heterocycles. The van der Waals surface area contributed by atoms with E-state index in [2.05, 4.69) is 85.0 Å². The Bertz CT molecular complexity index is 893. The number of rotatable bonds is 2. The zero-order chi connectivity index (χ0) is 15.2. The first-order chi connectivity index (χ1) is 11.4. The molecule has 0 amide bonds. The molecule has 0 fully saturated rings. The lowest BCUT2D eigenvalue weighted by Crippen LogP contribution is -2.06. The fraction of sp³-hybridized carbons (Fsp3) is 0.130. The molecule has 0 nitrogen and oxygen atoms in total. The summed E-state index contributed by atoms with van der Waals surface area (Å²) >= 11 is 0. The molecule has 0 saturated carbocycles. The maximum atomic E-state index is 2.36. The van der Waals surface area contributed by atoms with Crippen LogP contribution in [0.1, 0.15) is 22.6 Å². The van der Waals surface area contributed by atoms with Gasteiger partial charge in [-0.3, -0.25) is 0 Å². The van der Waals surface area contributed by atoms with Crippen molar-refractivity contribution < 1.29 is 0 Å². The largest absolute Gasteiger partial charge is 0.0735 e. The molecular weight excluding hydrogens is 276 g/mol. The third-order valence-corrected chi connectivity index (χ3v) is 5.31. The Labute approximate surface area is 137 Å². The Hall–Kier alpha value is -2.60. The minimum Gasteiger partial charge on any atom is -0.0735 e. The highest BCUT2D eigenvalue weighted by molar-refractivity contribution is 5.78. The first kappa shape index (κ1) is 12.9. The molecule has 3 aliphatic rings. The molecule has 110 valence electrons. The van der Waals surface area contributed by atoms with Crippen molar-refractivity contribution in [2.45, 2.75) is 12.3 Å². The number of hydrogen-bond donors (Lipinski definition) is 0. The summed E-state index contributed by atoms with van der Waals surface area (Å²) in [6.45, 7) is 0. The highest BCUT2D eigenvalue weighted by Gasteiger charge is 2.28. The van der Waals surface area contributed by atoms with E-state index in [9.17, 15) is 0 Å². The van der Waals surface area contributed by atoms with Gasteiger partial charge in [-0.2, -0.15) is 0 Å². The van der Waals surface area contributed by atoms with Gasteiger partial charge in [0.2, 0.25) is 0 Å². The minimum absolute atomic E-state index is 0.414. The summed E-state index contributed by atoms with van der Waals surface area (Å²) in [6.07, 6.45) is 16.9. The van der Waals surface area contributed by atoms with Crippen molar-refractivity contribution in [3.05, 3.63) is 107 Å². The van der Waals surface area contributed by atoms with E-state index in [1.807, 2.05) is 0 Å². The van der Waals surface area contributed by atoms with E-state index in [0.717, 1.165) is 6.42 Å². The lowest BCUT2D eigenvalue weighted by Gasteiger charge is -2.21. The van der Waals surface area contributed by atoms with Gasteiger partial charge in [0, 0.05) is 11.8 Å². The van der Waals surface area contributed by atoms with Crippen molar-refractivity contribution in [3.8, 4) is 11.1 Å². The molecule has 2 aromatic carbocycles. The van der Waals surface area contributed by atoms with Gasteiger partial charge in [-0.25, -0.2) is 0 Å². The fourth-order valence-electron chi connectivity index (χ4n) is 4.22. The van der Waals surface area contributed by atoms with Crippen LogP contribution in [-0.2, 0) is 6.42 Å². The molecule has 0 bridgehead atoms. The highest BCUT2D eigenvalue weighted by Crippen LogP contribution is 2.44. The summed E-state index contributed by atoms with van der Waals surface area (Å²) < 4.78 is 0. The molecule has 0 heterocycles. The van der Waals surface area contributed by atoms with Crippen LogP contribution in [0, 0.1) is 5.92 Å². The van der Waals surface area contributed by atoms with Crippen molar-refractivity contribution >= 4 is 0 Å². The predicted octanol–water partition coefficient (Wildman–Crippen LogP) is 5.58. The second-order valence-electron chi connectivity index (χ2n) is 6.53. The van der Waals surface area contributed by atoms with E-state index in [1.165, 1.54) is 33.4 Å². The Morgan fingerprint density at radius 1 is 0.739 bits per heavy atom. The SMILES string of the molecule is C1=CC(C2=CC=CC2c2cccc3c2Cc2ccccc2-3)C=C1. The maximum Gasteiger partial charge on any atom is 0.0246 e. The Morgan fingerprint density at radius 2 is 1.57 bits per heavy atom. The second-order valence-corrected chi connectivity index (χ2v) is 6.53. The van der Waals surface area contributed by atoms with Gasteiger partial charge in [-0.05, 0) is 39.8 Å². The molecule has 0 radical (unpaired) electrons. The van der Waals surface area contributed by atoms with E-state index >= 15 is 0 Å². The monoisotopic (exact) mass is 294 g/mol. The summed E-state index contributed by atoms with van der Waals surface area (Å²) in [5, 5.41) is 0. The van der Waals surface area contributed by atoms with Gasteiger partial charge in [-0.1, -0.05) is 85.0 Å². The number of benzene rings is 2. The third kappa shape index (κ3) is 1.91. The number of hydrogen-bond acceptors (Lipinski definition) is 0. The van der Waals surface area contributed by atoms with Gasteiger partial charge in [0.05, 0.1) is 0 Å². The quantitative estimate of drug-likeness (QED) is 0.579. The molecule has 5 rings (SSSR count). The predicted molar refractivity (Wildman–Crippen MR) is 96.4 cm³/mol. The Balaban J connectivity index is 1.61. The van der Waals surface area contributed by atoms with Crippen molar-refractivity contribution in [2.75, 3.05) is 0 Å². The molecule has 2 aromatic rings. The topological polar surface area (TPSA) is 0 Å². The van der Waals surface area contributed by atoms with Gasteiger partial charge in [0.25, 0.3) is 0 Å². The Kier molecular flexibility index (Phi) is 2.78. The average Bonchev–Trinajstić information content (AvgIpc) is 3.32. The van der Waals surface area contributed by atoms with Crippen LogP contribution in [0.2, 0.25) is 0 Å².